The van der Waals surface area contributed by atoms with E-state index in [2.05, 4.69) is 24.4 Å². The molecule has 2 amide bonds. The van der Waals surface area contributed by atoms with E-state index < -0.39 is 0 Å². The summed E-state index contributed by atoms with van der Waals surface area (Å²) in [5, 5.41) is 4.47. The third-order valence-corrected chi connectivity index (χ3v) is 4.35. The summed E-state index contributed by atoms with van der Waals surface area (Å²) in [5.74, 6) is 1.09. The third kappa shape index (κ3) is 2.49. The first-order valence-corrected chi connectivity index (χ1v) is 7.34. The van der Waals surface area contributed by atoms with Crippen molar-refractivity contribution < 1.29 is 9.21 Å². The van der Waals surface area contributed by atoms with Gasteiger partial charge in [-0.1, -0.05) is 19.1 Å². The molecular formula is C16H21N3O2. The summed E-state index contributed by atoms with van der Waals surface area (Å²) < 4.78 is 5.70. The molecule has 112 valence electrons. The second kappa shape index (κ2) is 5.41. The van der Waals surface area contributed by atoms with E-state index in [-0.39, 0.29) is 18.0 Å². The van der Waals surface area contributed by atoms with Crippen LogP contribution in [-0.4, -0.2) is 36.6 Å². The summed E-state index contributed by atoms with van der Waals surface area (Å²) in [6, 6.07) is 7.87. The summed E-state index contributed by atoms with van der Waals surface area (Å²) in [5.41, 5.74) is 7.62. The van der Waals surface area contributed by atoms with Crippen LogP contribution in [0.25, 0.3) is 11.0 Å². The number of furan rings is 1. The van der Waals surface area contributed by atoms with E-state index in [1.54, 1.807) is 4.90 Å². The molecular weight excluding hydrogens is 266 g/mol. The summed E-state index contributed by atoms with van der Waals surface area (Å²) in [7, 11) is 0. The molecule has 5 nitrogen and oxygen atoms in total. The van der Waals surface area contributed by atoms with Gasteiger partial charge in [-0.05, 0) is 24.6 Å². The van der Waals surface area contributed by atoms with Gasteiger partial charge < -0.3 is 20.4 Å². The number of nitrogens with one attached hydrogen (secondary N) is 1. The van der Waals surface area contributed by atoms with Crippen molar-refractivity contribution in [3.05, 3.63) is 35.6 Å². The molecule has 3 N–H and O–H groups in total. The van der Waals surface area contributed by atoms with Crippen molar-refractivity contribution in [2.45, 2.75) is 25.8 Å². The van der Waals surface area contributed by atoms with E-state index in [9.17, 15) is 4.79 Å². The Kier molecular flexibility index (Phi) is 3.59. The second-order valence-electron chi connectivity index (χ2n) is 5.71. The zero-order valence-corrected chi connectivity index (χ0v) is 12.4. The standard InChI is InChI=1S/C16H21N3O2/c1-10-8-13-12(4-3-5-15(13)21-10)11(2)14-9-18-6-7-19(14)16(17)20/h3-5,8,11,14,18H,6-7,9H2,1-2H3,(H2,17,20)/t11-,14?/m1/s1. The first-order chi connectivity index (χ1) is 10.1. The predicted molar refractivity (Wildman–Crippen MR) is 82.3 cm³/mol. The van der Waals surface area contributed by atoms with Crippen molar-refractivity contribution in [2.24, 2.45) is 5.73 Å². The molecule has 1 saturated heterocycles. The van der Waals surface area contributed by atoms with E-state index in [1.807, 2.05) is 19.1 Å². The molecule has 1 aliphatic rings. The molecule has 1 aromatic heterocycles. The number of benzene rings is 1. The average molecular weight is 287 g/mol. The monoisotopic (exact) mass is 287 g/mol. The number of fused-ring (bicyclic) bond motifs is 1. The fourth-order valence-electron chi connectivity index (χ4n) is 3.26. The fourth-order valence-corrected chi connectivity index (χ4v) is 3.26. The second-order valence-corrected chi connectivity index (χ2v) is 5.71. The number of hydrogen-bond donors (Lipinski definition) is 2. The maximum absolute atomic E-state index is 11.7. The zero-order valence-electron chi connectivity index (χ0n) is 12.4. The van der Waals surface area contributed by atoms with Crippen LogP contribution in [0.1, 0.15) is 24.2 Å². The molecule has 0 bridgehead atoms. The molecule has 1 aromatic carbocycles. The van der Waals surface area contributed by atoms with Crippen molar-refractivity contribution in [1.29, 1.82) is 0 Å². The van der Waals surface area contributed by atoms with Gasteiger partial charge in [-0.15, -0.1) is 0 Å². The Balaban J connectivity index is 1.98. The highest BCUT2D eigenvalue weighted by atomic mass is 16.3. The van der Waals surface area contributed by atoms with Gasteiger partial charge in [0.2, 0.25) is 0 Å². The number of piperazine rings is 1. The van der Waals surface area contributed by atoms with Crippen LogP contribution >= 0.6 is 0 Å². The molecule has 5 heteroatoms. The average Bonchev–Trinajstić information content (AvgIpc) is 2.86. The zero-order chi connectivity index (χ0) is 15.0. The molecule has 2 atom stereocenters. The van der Waals surface area contributed by atoms with Crippen molar-refractivity contribution in [2.75, 3.05) is 19.6 Å². The van der Waals surface area contributed by atoms with E-state index in [1.165, 1.54) is 5.56 Å². The Morgan fingerprint density at radius 3 is 3.10 bits per heavy atom. The largest absolute Gasteiger partial charge is 0.461 e. The number of primary amides is 1. The number of rotatable bonds is 2. The van der Waals surface area contributed by atoms with E-state index in [0.717, 1.165) is 29.8 Å². The molecule has 0 spiro atoms. The van der Waals surface area contributed by atoms with Crippen LogP contribution in [0.4, 0.5) is 4.79 Å². The van der Waals surface area contributed by atoms with Gasteiger partial charge in [0.15, 0.2) is 0 Å². The number of carbonyl (C=O) groups is 1. The number of urea groups is 1. The number of hydrogen-bond acceptors (Lipinski definition) is 3. The molecule has 1 fully saturated rings. The highest BCUT2D eigenvalue weighted by Crippen LogP contribution is 2.32. The number of aryl methyl sites for hydroxylation is 1. The van der Waals surface area contributed by atoms with Crippen LogP contribution in [0.15, 0.2) is 28.7 Å². The van der Waals surface area contributed by atoms with Crippen LogP contribution in [0, 0.1) is 6.92 Å². The summed E-state index contributed by atoms with van der Waals surface area (Å²) in [6.45, 7) is 6.31. The summed E-state index contributed by atoms with van der Waals surface area (Å²) >= 11 is 0. The highest BCUT2D eigenvalue weighted by Gasteiger charge is 2.31. The Morgan fingerprint density at radius 1 is 1.52 bits per heavy atom. The van der Waals surface area contributed by atoms with Crippen LogP contribution in [0.5, 0.6) is 0 Å². The Bertz CT molecular complexity index is 665. The number of nitrogens with two attached hydrogens (primary N) is 1. The van der Waals surface area contributed by atoms with Crippen LogP contribution in [0.3, 0.4) is 0 Å². The normalized spacial score (nSPS) is 20.7. The first kappa shape index (κ1) is 13.9. The maximum Gasteiger partial charge on any atom is 0.315 e. The molecule has 3 rings (SSSR count). The summed E-state index contributed by atoms with van der Waals surface area (Å²) in [4.78, 5) is 13.4. The summed E-state index contributed by atoms with van der Waals surface area (Å²) in [6.07, 6.45) is 0. The van der Waals surface area contributed by atoms with Gasteiger partial charge in [-0.2, -0.15) is 0 Å². The first-order valence-electron chi connectivity index (χ1n) is 7.34. The van der Waals surface area contributed by atoms with Gasteiger partial charge >= 0.3 is 6.03 Å². The topological polar surface area (TPSA) is 71.5 Å². The van der Waals surface area contributed by atoms with Gasteiger partial charge in [0.25, 0.3) is 0 Å². The smallest absolute Gasteiger partial charge is 0.315 e. The van der Waals surface area contributed by atoms with Gasteiger partial charge in [0.1, 0.15) is 11.3 Å². The third-order valence-electron chi connectivity index (χ3n) is 4.35. The number of carbonyl (C=O) groups excluding carboxylic acids is 1. The lowest BCUT2D eigenvalue weighted by molar-refractivity contribution is 0.156. The lowest BCUT2D eigenvalue weighted by atomic mass is 9.89. The van der Waals surface area contributed by atoms with E-state index >= 15 is 0 Å². The molecule has 0 radical (unpaired) electrons. The van der Waals surface area contributed by atoms with Crippen molar-refractivity contribution >= 4 is 17.0 Å². The minimum Gasteiger partial charge on any atom is -0.461 e. The molecule has 1 aliphatic heterocycles. The van der Waals surface area contributed by atoms with Crippen molar-refractivity contribution in [3.63, 3.8) is 0 Å². The molecule has 0 saturated carbocycles. The highest BCUT2D eigenvalue weighted by molar-refractivity contribution is 5.82. The maximum atomic E-state index is 11.7. The lowest BCUT2D eigenvalue weighted by Gasteiger charge is -2.38. The van der Waals surface area contributed by atoms with Crippen LogP contribution in [-0.2, 0) is 0 Å². The number of amides is 2. The Labute approximate surface area is 124 Å². The SMILES string of the molecule is Cc1cc2c([C@@H](C)C3CNCCN3C(N)=O)cccc2o1. The minimum absolute atomic E-state index is 0.0667. The molecule has 21 heavy (non-hydrogen) atoms. The predicted octanol–water partition coefficient (Wildman–Crippen LogP) is 2.20. The van der Waals surface area contributed by atoms with E-state index in [4.69, 9.17) is 10.2 Å². The van der Waals surface area contributed by atoms with Crippen LogP contribution in [0.2, 0.25) is 0 Å². The van der Waals surface area contributed by atoms with Crippen molar-refractivity contribution in [1.82, 2.24) is 10.2 Å². The molecule has 2 heterocycles. The fraction of sp³-hybridized carbons (Fsp3) is 0.438. The Morgan fingerprint density at radius 2 is 2.33 bits per heavy atom. The van der Waals surface area contributed by atoms with Crippen molar-refractivity contribution in [3.8, 4) is 0 Å². The number of nitrogens with zero attached hydrogens (tertiary/aromatic N) is 1. The van der Waals surface area contributed by atoms with Gasteiger partial charge in [0, 0.05) is 30.9 Å². The van der Waals surface area contributed by atoms with E-state index in [0.29, 0.717) is 6.54 Å². The van der Waals surface area contributed by atoms with Gasteiger partial charge in [-0.3, -0.25) is 0 Å². The quantitative estimate of drug-likeness (QED) is 0.889. The Hall–Kier alpha value is -2.01. The van der Waals surface area contributed by atoms with Gasteiger partial charge in [-0.25, -0.2) is 4.79 Å². The molecule has 1 unspecified atom stereocenters. The minimum atomic E-state index is -0.344. The van der Waals surface area contributed by atoms with Crippen LogP contribution < -0.4 is 11.1 Å². The molecule has 2 aromatic rings. The lowest BCUT2D eigenvalue weighted by Crippen LogP contribution is -2.57. The molecule has 0 aliphatic carbocycles. The van der Waals surface area contributed by atoms with Gasteiger partial charge in [0.05, 0.1) is 6.04 Å².